The molecule has 110 valence electrons. The van der Waals surface area contributed by atoms with Gasteiger partial charge in [-0.05, 0) is 31.7 Å². The summed E-state index contributed by atoms with van der Waals surface area (Å²) in [4.78, 5) is 22.1. The number of primary amides is 1. The molecule has 1 aromatic carbocycles. The van der Waals surface area contributed by atoms with Crippen LogP contribution in [0.5, 0.6) is 0 Å². The molecule has 1 unspecified atom stereocenters. The second kappa shape index (κ2) is 8.00. The molecule has 7 heteroatoms. The number of hydrogen-bond acceptors (Lipinski definition) is 3. The molecular weight excluding hydrogens is 258 g/mol. The van der Waals surface area contributed by atoms with Crippen LogP contribution in [0.15, 0.2) is 24.3 Å². The average Bonchev–Trinajstić information content (AvgIpc) is 2.43. The molecule has 1 aromatic rings. The highest BCUT2D eigenvalue weighted by Gasteiger charge is 2.05. The largest absolute Gasteiger partial charge is 0.352 e. The third-order valence-corrected chi connectivity index (χ3v) is 2.79. The fourth-order valence-electron chi connectivity index (χ4n) is 1.59. The van der Waals surface area contributed by atoms with Gasteiger partial charge in [0.15, 0.2) is 0 Å². The Morgan fingerprint density at radius 2 is 1.95 bits per heavy atom. The van der Waals surface area contributed by atoms with Crippen LogP contribution >= 0.6 is 0 Å². The minimum Gasteiger partial charge on any atom is -0.352 e. The van der Waals surface area contributed by atoms with Crippen LogP contribution < -0.4 is 27.0 Å². The normalized spacial score (nSPS) is 11.5. The number of nitrogens with two attached hydrogens (primary N) is 1. The molecule has 6 N–H and O–H groups in total. The lowest BCUT2D eigenvalue weighted by Crippen LogP contribution is -2.38. The molecule has 0 bridgehead atoms. The monoisotopic (exact) mass is 279 g/mol. The number of carbonyl (C=O) groups excluding carboxylic acids is 2. The molecule has 0 saturated heterocycles. The Hall–Kier alpha value is -2.28. The fraction of sp³-hybridized carbons (Fsp3) is 0.385. The van der Waals surface area contributed by atoms with E-state index in [0.717, 1.165) is 5.56 Å². The minimum absolute atomic E-state index is 0.208. The van der Waals surface area contributed by atoms with E-state index in [1.54, 1.807) is 0 Å². The van der Waals surface area contributed by atoms with Crippen LogP contribution in [0.1, 0.15) is 18.5 Å². The highest BCUT2D eigenvalue weighted by atomic mass is 16.2. The van der Waals surface area contributed by atoms with Crippen LogP contribution in [-0.2, 0) is 0 Å². The summed E-state index contributed by atoms with van der Waals surface area (Å²) in [5.41, 5.74) is 6.70. The average molecular weight is 279 g/mol. The number of hydrogen-bond donors (Lipinski definition) is 5. The van der Waals surface area contributed by atoms with E-state index in [0.29, 0.717) is 18.8 Å². The summed E-state index contributed by atoms with van der Waals surface area (Å²) in [5.74, 6) is 0. The van der Waals surface area contributed by atoms with E-state index in [-0.39, 0.29) is 12.1 Å². The minimum atomic E-state index is -0.610. The maximum absolute atomic E-state index is 11.6. The van der Waals surface area contributed by atoms with Gasteiger partial charge in [-0.2, -0.15) is 0 Å². The molecule has 1 rings (SSSR count). The van der Waals surface area contributed by atoms with E-state index in [9.17, 15) is 9.59 Å². The molecule has 7 nitrogen and oxygen atoms in total. The zero-order valence-corrected chi connectivity index (χ0v) is 11.7. The van der Waals surface area contributed by atoms with Crippen LogP contribution in [0.3, 0.4) is 0 Å². The van der Waals surface area contributed by atoms with Gasteiger partial charge in [0.1, 0.15) is 0 Å². The molecule has 0 radical (unpaired) electrons. The summed E-state index contributed by atoms with van der Waals surface area (Å²) in [7, 11) is 1.88. The molecule has 0 aliphatic heterocycles. The van der Waals surface area contributed by atoms with Crippen molar-refractivity contribution in [3.63, 3.8) is 0 Å². The van der Waals surface area contributed by atoms with Crippen molar-refractivity contribution in [2.75, 3.05) is 25.5 Å². The smallest absolute Gasteiger partial charge is 0.319 e. The molecule has 4 amide bonds. The maximum Gasteiger partial charge on any atom is 0.319 e. The second-order valence-corrected chi connectivity index (χ2v) is 4.31. The number of urea groups is 2. The van der Waals surface area contributed by atoms with Crippen molar-refractivity contribution in [2.45, 2.75) is 13.0 Å². The van der Waals surface area contributed by atoms with Gasteiger partial charge in [0, 0.05) is 24.8 Å². The van der Waals surface area contributed by atoms with Gasteiger partial charge in [0.05, 0.1) is 0 Å². The van der Waals surface area contributed by atoms with Crippen LogP contribution in [-0.4, -0.2) is 32.2 Å². The van der Waals surface area contributed by atoms with E-state index < -0.39 is 6.03 Å². The Morgan fingerprint density at radius 3 is 2.60 bits per heavy atom. The molecule has 0 saturated carbocycles. The molecular formula is C13H21N5O2. The molecule has 1 atom stereocenters. The van der Waals surface area contributed by atoms with E-state index >= 15 is 0 Å². The molecule has 0 aromatic heterocycles. The Balaban J connectivity index is 2.43. The molecule has 0 spiro atoms. The predicted molar refractivity (Wildman–Crippen MR) is 78.5 cm³/mol. The summed E-state index contributed by atoms with van der Waals surface area (Å²) in [6.07, 6.45) is 0. The number of benzene rings is 1. The first-order chi connectivity index (χ1) is 9.52. The van der Waals surface area contributed by atoms with Gasteiger partial charge in [-0.25, -0.2) is 9.59 Å². The van der Waals surface area contributed by atoms with Crippen LogP contribution in [0.4, 0.5) is 15.3 Å². The van der Waals surface area contributed by atoms with Crippen LogP contribution in [0.2, 0.25) is 0 Å². The quantitative estimate of drug-likeness (QED) is 0.496. The number of anilines is 1. The Morgan fingerprint density at radius 1 is 1.25 bits per heavy atom. The van der Waals surface area contributed by atoms with Crippen molar-refractivity contribution in [1.82, 2.24) is 16.0 Å². The van der Waals surface area contributed by atoms with Crippen molar-refractivity contribution in [3.8, 4) is 0 Å². The number of carbonyl (C=O) groups is 2. The highest BCUT2D eigenvalue weighted by molar-refractivity contribution is 5.89. The van der Waals surface area contributed by atoms with Crippen LogP contribution in [0.25, 0.3) is 0 Å². The summed E-state index contributed by atoms with van der Waals surface area (Å²) in [5, 5.41) is 10.9. The highest BCUT2D eigenvalue weighted by Crippen LogP contribution is 2.16. The SMILES string of the molecule is CNC(C)c1cccc(NC(=O)NCCNC(N)=O)c1. The van der Waals surface area contributed by atoms with Gasteiger partial charge >= 0.3 is 12.1 Å². The van der Waals surface area contributed by atoms with Gasteiger partial charge in [-0.1, -0.05) is 12.1 Å². The molecule has 0 heterocycles. The van der Waals surface area contributed by atoms with Crippen LogP contribution in [0, 0.1) is 0 Å². The molecule has 20 heavy (non-hydrogen) atoms. The van der Waals surface area contributed by atoms with Crippen molar-refractivity contribution in [1.29, 1.82) is 0 Å². The Labute approximate surface area is 118 Å². The third-order valence-electron chi connectivity index (χ3n) is 2.79. The van der Waals surface area contributed by atoms with Gasteiger partial charge < -0.3 is 27.0 Å². The molecule has 0 aliphatic carbocycles. The lowest BCUT2D eigenvalue weighted by molar-refractivity contribution is 0.246. The summed E-state index contributed by atoms with van der Waals surface area (Å²) >= 11 is 0. The van der Waals surface area contributed by atoms with Crippen molar-refractivity contribution in [3.05, 3.63) is 29.8 Å². The topological polar surface area (TPSA) is 108 Å². The molecule has 0 aliphatic rings. The number of amides is 4. The lowest BCUT2D eigenvalue weighted by atomic mass is 10.1. The standard InChI is InChI=1S/C13H21N5O2/c1-9(15-2)10-4-3-5-11(8-10)18-13(20)17-7-6-16-12(14)19/h3-5,8-9,15H,6-7H2,1-2H3,(H3,14,16,19)(H2,17,18,20). The fourth-order valence-corrected chi connectivity index (χ4v) is 1.59. The van der Waals surface area contributed by atoms with E-state index in [4.69, 9.17) is 5.73 Å². The first-order valence-electron chi connectivity index (χ1n) is 6.38. The molecule has 0 fully saturated rings. The van der Waals surface area contributed by atoms with Crippen molar-refractivity contribution >= 4 is 17.7 Å². The maximum atomic E-state index is 11.6. The Bertz CT molecular complexity index is 464. The number of rotatable bonds is 6. The predicted octanol–water partition coefficient (Wildman–Crippen LogP) is 0.757. The first kappa shape index (κ1) is 15.8. The third kappa shape index (κ3) is 5.57. The zero-order valence-electron chi connectivity index (χ0n) is 11.7. The van der Waals surface area contributed by atoms with E-state index in [1.807, 2.05) is 38.2 Å². The summed E-state index contributed by atoms with van der Waals surface area (Å²) in [6, 6.07) is 6.86. The summed E-state index contributed by atoms with van der Waals surface area (Å²) in [6.45, 7) is 2.63. The van der Waals surface area contributed by atoms with Crippen molar-refractivity contribution in [2.24, 2.45) is 5.73 Å². The number of nitrogens with one attached hydrogen (secondary N) is 4. The lowest BCUT2D eigenvalue weighted by Gasteiger charge is -2.13. The van der Waals surface area contributed by atoms with E-state index in [1.165, 1.54) is 0 Å². The van der Waals surface area contributed by atoms with Gasteiger partial charge in [-0.15, -0.1) is 0 Å². The van der Waals surface area contributed by atoms with E-state index in [2.05, 4.69) is 21.3 Å². The summed E-state index contributed by atoms with van der Waals surface area (Å²) < 4.78 is 0. The zero-order chi connectivity index (χ0) is 15.0. The second-order valence-electron chi connectivity index (χ2n) is 4.31. The van der Waals surface area contributed by atoms with Gasteiger partial charge in [-0.3, -0.25) is 0 Å². The Kier molecular flexibility index (Phi) is 6.31. The van der Waals surface area contributed by atoms with Crippen molar-refractivity contribution < 1.29 is 9.59 Å². The first-order valence-corrected chi connectivity index (χ1v) is 6.38. The van der Waals surface area contributed by atoms with Gasteiger partial charge in [0.25, 0.3) is 0 Å². The van der Waals surface area contributed by atoms with Gasteiger partial charge in [0.2, 0.25) is 0 Å².